The van der Waals surface area contributed by atoms with Gasteiger partial charge in [0.1, 0.15) is 0 Å². The van der Waals surface area contributed by atoms with E-state index in [0.717, 1.165) is 16.4 Å². The van der Waals surface area contributed by atoms with Crippen LogP contribution in [0.25, 0.3) is 22.4 Å². The van der Waals surface area contributed by atoms with E-state index in [9.17, 15) is 0 Å². The Bertz CT molecular complexity index is 760. The molecule has 1 aromatic heterocycles. The molecule has 3 rings (SSSR count). The summed E-state index contributed by atoms with van der Waals surface area (Å²) < 4.78 is 0. The number of hydrogen-bond acceptors (Lipinski definition) is 4. The average molecular weight is 309 g/mol. The van der Waals surface area contributed by atoms with Crippen LogP contribution in [0.3, 0.4) is 0 Å². The summed E-state index contributed by atoms with van der Waals surface area (Å²) in [5, 5.41) is 6.13. The van der Waals surface area contributed by atoms with Crippen LogP contribution in [-0.2, 0) is 0 Å². The van der Waals surface area contributed by atoms with Crippen LogP contribution in [0.5, 0.6) is 0 Å². The number of nitrogens with one attached hydrogen (secondary N) is 1. The van der Waals surface area contributed by atoms with E-state index in [1.54, 1.807) is 11.3 Å². The summed E-state index contributed by atoms with van der Waals surface area (Å²) in [5.74, 6) is 0. The largest absolute Gasteiger partial charge is 0.378 e. The quantitative estimate of drug-likeness (QED) is 0.764. The van der Waals surface area contributed by atoms with Gasteiger partial charge in [0, 0.05) is 37.8 Å². The van der Waals surface area contributed by atoms with Crippen molar-refractivity contribution in [1.29, 1.82) is 0 Å². The van der Waals surface area contributed by atoms with Gasteiger partial charge in [-0.25, -0.2) is 4.98 Å². The zero-order valence-electron chi connectivity index (χ0n) is 13.0. The van der Waals surface area contributed by atoms with Gasteiger partial charge in [-0.2, -0.15) is 0 Å². The summed E-state index contributed by atoms with van der Waals surface area (Å²) in [6, 6.07) is 17.0. The second kappa shape index (κ2) is 6.20. The molecule has 112 valence electrons. The Kier molecular flexibility index (Phi) is 4.11. The molecule has 0 saturated heterocycles. The van der Waals surface area contributed by atoms with E-state index in [1.165, 1.54) is 16.8 Å². The van der Waals surface area contributed by atoms with Crippen molar-refractivity contribution in [3.63, 3.8) is 0 Å². The number of anilines is 2. The predicted molar refractivity (Wildman–Crippen MR) is 96.9 cm³/mol. The zero-order chi connectivity index (χ0) is 15.5. The Morgan fingerprint density at radius 1 is 0.955 bits per heavy atom. The molecule has 3 aromatic rings. The minimum absolute atomic E-state index is 0.938. The first-order valence-corrected chi connectivity index (χ1v) is 8.07. The van der Waals surface area contributed by atoms with Crippen LogP contribution in [0.2, 0.25) is 0 Å². The third-order valence-electron chi connectivity index (χ3n) is 3.62. The van der Waals surface area contributed by atoms with Gasteiger partial charge < -0.3 is 10.2 Å². The highest BCUT2D eigenvalue weighted by molar-refractivity contribution is 7.14. The number of aromatic nitrogens is 1. The SMILES string of the molecule is CNc1nc(-c2ccccc2-c2ccc(N(C)C)cc2)cs1. The summed E-state index contributed by atoms with van der Waals surface area (Å²) in [4.78, 5) is 6.74. The molecular formula is C18H19N3S. The standard InChI is InChI=1S/C18H19N3S/c1-19-18-20-17(12-22-18)16-7-5-4-6-15(16)13-8-10-14(11-9-13)21(2)3/h4-12H,1-3H3,(H,19,20). The monoisotopic (exact) mass is 309 g/mol. The van der Waals surface area contributed by atoms with Crippen molar-refractivity contribution >= 4 is 22.2 Å². The fourth-order valence-corrected chi connectivity index (χ4v) is 3.08. The lowest BCUT2D eigenvalue weighted by Crippen LogP contribution is -2.07. The number of rotatable bonds is 4. The van der Waals surface area contributed by atoms with Gasteiger partial charge in [0.05, 0.1) is 5.69 Å². The highest BCUT2D eigenvalue weighted by atomic mass is 32.1. The van der Waals surface area contributed by atoms with Crippen molar-refractivity contribution in [2.45, 2.75) is 0 Å². The molecule has 3 nitrogen and oxygen atoms in total. The van der Waals surface area contributed by atoms with E-state index in [-0.39, 0.29) is 0 Å². The normalized spacial score (nSPS) is 10.5. The Labute approximate surface area is 135 Å². The van der Waals surface area contributed by atoms with Crippen LogP contribution in [-0.4, -0.2) is 26.1 Å². The molecule has 0 aliphatic carbocycles. The molecule has 0 aliphatic heterocycles. The highest BCUT2D eigenvalue weighted by Gasteiger charge is 2.10. The maximum Gasteiger partial charge on any atom is 0.182 e. The van der Waals surface area contributed by atoms with Gasteiger partial charge in [0.25, 0.3) is 0 Å². The molecule has 22 heavy (non-hydrogen) atoms. The van der Waals surface area contributed by atoms with Crippen LogP contribution in [0.4, 0.5) is 10.8 Å². The molecule has 1 N–H and O–H groups in total. The summed E-state index contributed by atoms with van der Waals surface area (Å²) in [5.41, 5.74) is 5.80. The fourth-order valence-electron chi connectivity index (χ4n) is 2.41. The van der Waals surface area contributed by atoms with Gasteiger partial charge in [-0.05, 0) is 23.3 Å². The van der Waals surface area contributed by atoms with Crippen molar-refractivity contribution in [2.75, 3.05) is 31.4 Å². The Morgan fingerprint density at radius 2 is 1.64 bits per heavy atom. The summed E-state index contributed by atoms with van der Waals surface area (Å²) in [6.45, 7) is 0. The van der Waals surface area contributed by atoms with Crippen LogP contribution >= 0.6 is 11.3 Å². The minimum atomic E-state index is 0.938. The molecule has 0 bridgehead atoms. The van der Waals surface area contributed by atoms with E-state index in [0.29, 0.717) is 0 Å². The van der Waals surface area contributed by atoms with Gasteiger partial charge in [-0.15, -0.1) is 11.3 Å². The maximum absolute atomic E-state index is 4.63. The van der Waals surface area contributed by atoms with Crippen molar-refractivity contribution < 1.29 is 0 Å². The van der Waals surface area contributed by atoms with Gasteiger partial charge in [0.15, 0.2) is 5.13 Å². The van der Waals surface area contributed by atoms with E-state index < -0.39 is 0 Å². The Hall–Kier alpha value is -2.33. The number of nitrogens with zero attached hydrogens (tertiary/aromatic N) is 2. The van der Waals surface area contributed by atoms with Crippen LogP contribution in [0.1, 0.15) is 0 Å². The topological polar surface area (TPSA) is 28.2 Å². The Morgan fingerprint density at radius 3 is 2.23 bits per heavy atom. The first kappa shape index (κ1) is 14.6. The summed E-state index contributed by atoms with van der Waals surface area (Å²) in [6.07, 6.45) is 0. The first-order valence-electron chi connectivity index (χ1n) is 7.19. The molecule has 0 fully saturated rings. The van der Waals surface area contributed by atoms with Gasteiger partial charge in [0.2, 0.25) is 0 Å². The zero-order valence-corrected chi connectivity index (χ0v) is 13.8. The van der Waals surface area contributed by atoms with Crippen LogP contribution < -0.4 is 10.2 Å². The molecule has 0 atom stereocenters. The van der Waals surface area contributed by atoms with Crippen LogP contribution in [0, 0.1) is 0 Å². The molecule has 0 spiro atoms. The number of hydrogen-bond donors (Lipinski definition) is 1. The molecule has 0 amide bonds. The maximum atomic E-state index is 4.63. The summed E-state index contributed by atoms with van der Waals surface area (Å²) >= 11 is 1.63. The van der Waals surface area contributed by atoms with Crippen molar-refractivity contribution in [3.8, 4) is 22.4 Å². The molecule has 0 radical (unpaired) electrons. The average Bonchev–Trinajstić information content (AvgIpc) is 3.04. The second-order valence-electron chi connectivity index (χ2n) is 5.27. The van der Waals surface area contributed by atoms with E-state index in [4.69, 9.17) is 0 Å². The smallest absolute Gasteiger partial charge is 0.182 e. The highest BCUT2D eigenvalue weighted by Crippen LogP contribution is 2.34. The third-order valence-corrected chi connectivity index (χ3v) is 4.48. The molecule has 2 aromatic carbocycles. The van der Waals surface area contributed by atoms with Crippen LogP contribution in [0.15, 0.2) is 53.9 Å². The first-order chi connectivity index (χ1) is 10.7. The molecule has 0 aliphatic rings. The lowest BCUT2D eigenvalue weighted by Gasteiger charge is -2.13. The Balaban J connectivity index is 2.04. The van der Waals surface area contributed by atoms with Gasteiger partial charge >= 0.3 is 0 Å². The minimum Gasteiger partial charge on any atom is -0.378 e. The molecule has 0 unspecified atom stereocenters. The predicted octanol–water partition coefficient (Wildman–Crippen LogP) is 4.58. The summed E-state index contributed by atoms with van der Waals surface area (Å²) in [7, 11) is 6.00. The van der Waals surface area contributed by atoms with E-state index >= 15 is 0 Å². The lowest BCUT2D eigenvalue weighted by molar-refractivity contribution is 1.13. The van der Waals surface area contributed by atoms with Crippen molar-refractivity contribution in [1.82, 2.24) is 4.98 Å². The van der Waals surface area contributed by atoms with Gasteiger partial charge in [-0.1, -0.05) is 36.4 Å². The van der Waals surface area contributed by atoms with Gasteiger partial charge in [-0.3, -0.25) is 0 Å². The molecule has 0 saturated carbocycles. The lowest BCUT2D eigenvalue weighted by atomic mass is 9.98. The van der Waals surface area contributed by atoms with Crippen molar-refractivity contribution in [2.24, 2.45) is 0 Å². The molecule has 1 heterocycles. The van der Waals surface area contributed by atoms with E-state index in [2.05, 4.69) is 83.2 Å². The number of benzene rings is 2. The number of thiazole rings is 1. The third kappa shape index (κ3) is 2.83. The molecule has 4 heteroatoms. The second-order valence-corrected chi connectivity index (χ2v) is 6.13. The molecular weight excluding hydrogens is 290 g/mol. The fraction of sp³-hybridized carbons (Fsp3) is 0.167. The van der Waals surface area contributed by atoms with E-state index in [1.807, 2.05) is 7.05 Å². The van der Waals surface area contributed by atoms with Crippen molar-refractivity contribution in [3.05, 3.63) is 53.9 Å².